The number of imide groups is 1. The number of hydrogen-bond acceptors (Lipinski definition) is 5. The third-order valence-electron chi connectivity index (χ3n) is 5.64. The zero-order chi connectivity index (χ0) is 19.7. The first-order chi connectivity index (χ1) is 13.5. The van der Waals surface area contributed by atoms with E-state index in [1.807, 2.05) is 13.0 Å². The van der Waals surface area contributed by atoms with Crippen LogP contribution >= 0.6 is 11.8 Å². The average Bonchev–Trinajstić information content (AvgIpc) is 3.42. The molecule has 0 radical (unpaired) electrons. The predicted octanol–water partition coefficient (Wildman–Crippen LogP) is 3.25. The molecular formula is C21H25N3O3S. The summed E-state index contributed by atoms with van der Waals surface area (Å²) in [6.45, 7) is 5.47. The van der Waals surface area contributed by atoms with Crippen LogP contribution in [0.1, 0.15) is 36.8 Å². The third-order valence-corrected chi connectivity index (χ3v) is 6.54. The Bertz CT molecular complexity index is 839. The van der Waals surface area contributed by atoms with Crippen LogP contribution in [-0.2, 0) is 9.59 Å². The lowest BCUT2D eigenvalue weighted by Gasteiger charge is -2.19. The number of benzene rings is 1. The van der Waals surface area contributed by atoms with Gasteiger partial charge in [-0.2, -0.15) is 0 Å². The Hall–Kier alpha value is -2.28. The summed E-state index contributed by atoms with van der Waals surface area (Å²) in [4.78, 5) is 42.9. The fourth-order valence-corrected chi connectivity index (χ4v) is 4.80. The molecule has 0 N–H and O–H groups in total. The summed E-state index contributed by atoms with van der Waals surface area (Å²) < 4.78 is 0. The fourth-order valence-electron chi connectivity index (χ4n) is 3.97. The monoisotopic (exact) mass is 399 g/mol. The highest BCUT2D eigenvalue weighted by Crippen LogP contribution is 2.33. The first kappa shape index (κ1) is 19.1. The van der Waals surface area contributed by atoms with Gasteiger partial charge in [-0.25, -0.2) is 0 Å². The second-order valence-electron chi connectivity index (χ2n) is 7.59. The van der Waals surface area contributed by atoms with Gasteiger partial charge < -0.3 is 9.80 Å². The van der Waals surface area contributed by atoms with Crippen LogP contribution in [0.15, 0.2) is 23.1 Å². The van der Waals surface area contributed by atoms with E-state index >= 15 is 0 Å². The van der Waals surface area contributed by atoms with E-state index in [0.29, 0.717) is 18.0 Å². The number of anilines is 1. The number of aryl methyl sites for hydroxylation is 1. The molecule has 0 bridgehead atoms. The zero-order valence-electron chi connectivity index (χ0n) is 16.1. The summed E-state index contributed by atoms with van der Waals surface area (Å²) in [5.74, 6) is -0.516. The number of rotatable bonds is 4. The van der Waals surface area contributed by atoms with Gasteiger partial charge in [0.2, 0.25) is 5.91 Å². The molecule has 6 nitrogen and oxygen atoms in total. The van der Waals surface area contributed by atoms with E-state index in [9.17, 15) is 14.4 Å². The van der Waals surface area contributed by atoms with Crippen molar-refractivity contribution in [3.63, 3.8) is 0 Å². The van der Waals surface area contributed by atoms with Gasteiger partial charge in [0.05, 0.1) is 4.91 Å². The molecule has 1 aromatic rings. The average molecular weight is 400 g/mol. The van der Waals surface area contributed by atoms with Crippen molar-refractivity contribution in [3.8, 4) is 0 Å². The lowest BCUT2D eigenvalue weighted by molar-refractivity contribution is -0.135. The van der Waals surface area contributed by atoms with E-state index in [1.54, 1.807) is 11.0 Å². The summed E-state index contributed by atoms with van der Waals surface area (Å²) in [6.07, 6.45) is 6.20. The lowest BCUT2D eigenvalue weighted by atomic mass is 10.1. The molecule has 0 spiro atoms. The second-order valence-corrected chi connectivity index (χ2v) is 8.58. The summed E-state index contributed by atoms with van der Waals surface area (Å²) in [5.41, 5.74) is 3.21. The largest absolute Gasteiger partial charge is 0.372 e. The molecule has 4 rings (SSSR count). The van der Waals surface area contributed by atoms with Gasteiger partial charge in [-0.05, 0) is 73.7 Å². The van der Waals surface area contributed by atoms with E-state index in [0.717, 1.165) is 53.7 Å². The molecule has 0 aromatic heterocycles. The number of thioether (sulfide) groups is 1. The van der Waals surface area contributed by atoms with Gasteiger partial charge in [-0.1, -0.05) is 6.07 Å². The first-order valence-electron chi connectivity index (χ1n) is 9.92. The van der Waals surface area contributed by atoms with Gasteiger partial charge in [0, 0.05) is 31.9 Å². The topological polar surface area (TPSA) is 60.9 Å². The number of likely N-dealkylation sites (tertiary alicyclic amines) is 1. The van der Waals surface area contributed by atoms with Gasteiger partial charge in [0.15, 0.2) is 0 Å². The van der Waals surface area contributed by atoms with E-state index in [2.05, 4.69) is 17.0 Å². The number of nitrogens with zero attached hydrogens (tertiary/aromatic N) is 3. The highest BCUT2D eigenvalue weighted by atomic mass is 32.2. The molecule has 1 aromatic carbocycles. The van der Waals surface area contributed by atoms with Crippen molar-refractivity contribution < 1.29 is 14.4 Å². The molecule has 3 aliphatic rings. The van der Waals surface area contributed by atoms with Crippen molar-refractivity contribution >= 4 is 40.6 Å². The molecule has 148 valence electrons. The highest BCUT2D eigenvalue weighted by Gasteiger charge is 2.37. The van der Waals surface area contributed by atoms with Gasteiger partial charge in [0.1, 0.15) is 6.54 Å². The van der Waals surface area contributed by atoms with Crippen molar-refractivity contribution in [2.24, 2.45) is 0 Å². The van der Waals surface area contributed by atoms with Crippen molar-refractivity contribution in [2.75, 3.05) is 37.6 Å². The van der Waals surface area contributed by atoms with E-state index in [4.69, 9.17) is 0 Å². The van der Waals surface area contributed by atoms with Gasteiger partial charge in [-0.3, -0.25) is 19.3 Å². The Morgan fingerprint density at radius 3 is 2.43 bits per heavy atom. The summed E-state index contributed by atoms with van der Waals surface area (Å²) in [5, 5.41) is -0.366. The fraction of sp³-hybridized carbons (Fsp3) is 0.476. The smallest absolute Gasteiger partial charge is 0.294 e. The SMILES string of the molecule is Cc1cc(N2CCCC2)ccc1/C=C1/SC(=O)N(CC(=O)N2CCCC2)C1=O. The van der Waals surface area contributed by atoms with Crippen molar-refractivity contribution in [3.05, 3.63) is 34.2 Å². The summed E-state index contributed by atoms with van der Waals surface area (Å²) >= 11 is 0.917. The van der Waals surface area contributed by atoms with Crippen LogP contribution in [0.25, 0.3) is 6.08 Å². The van der Waals surface area contributed by atoms with E-state index < -0.39 is 0 Å². The van der Waals surface area contributed by atoms with Crippen molar-refractivity contribution in [1.82, 2.24) is 9.80 Å². The maximum Gasteiger partial charge on any atom is 0.294 e. The maximum absolute atomic E-state index is 12.7. The van der Waals surface area contributed by atoms with Crippen molar-refractivity contribution in [2.45, 2.75) is 32.6 Å². The van der Waals surface area contributed by atoms with Crippen LogP contribution in [0, 0.1) is 6.92 Å². The standard InChI is InChI=1S/C21H25N3O3S/c1-15-12-17(22-8-2-3-9-22)7-6-16(15)13-18-20(26)24(21(27)28-18)14-19(25)23-10-4-5-11-23/h6-7,12-13H,2-5,8-11,14H2,1H3/b18-13+. The van der Waals surface area contributed by atoms with Gasteiger partial charge in [-0.15, -0.1) is 0 Å². The Morgan fingerprint density at radius 1 is 1.07 bits per heavy atom. The molecule has 0 saturated carbocycles. The Balaban J connectivity index is 1.48. The van der Waals surface area contributed by atoms with Crippen LogP contribution in [0.4, 0.5) is 10.5 Å². The van der Waals surface area contributed by atoms with Crippen molar-refractivity contribution in [1.29, 1.82) is 0 Å². The predicted molar refractivity (Wildman–Crippen MR) is 111 cm³/mol. The minimum atomic E-state index is -0.370. The maximum atomic E-state index is 12.7. The van der Waals surface area contributed by atoms with Gasteiger partial charge in [0.25, 0.3) is 11.1 Å². The molecule has 0 aliphatic carbocycles. The first-order valence-corrected chi connectivity index (χ1v) is 10.7. The lowest BCUT2D eigenvalue weighted by Crippen LogP contribution is -2.40. The quantitative estimate of drug-likeness (QED) is 0.728. The molecule has 3 saturated heterocycles. The second kappa shape index (κ2) is 7.99. The number of hydrogen-bond donors (Lipinski definition) is 0. The molecule has 3 heterocycles. The van der Waals surface area contributed by atoms with Crippen LogP contribution in [0.3, 0.4) is 0 Å². The zero-order valence-corrected chi connectivity index (χ0v) is 17.0. The molecule has 3 fully saturated rings. The molecule has 0 unspecified atom stereocenters. The molecular weight excluding hydrogens is 374 g/mol. The van der Waals surface area contributed by atoms with Crippen LogP contribution in [0.2, 0.25) is 0 Å². The molecule has 3 aliphatic heterocycles. The normalized spacial score (nSPS) is 21.5. The molecule has 3 amide bonds. The Labute approximate surface area is 169 Å². The summed E-state index contributed by atoms with van der Waals surface area (Å²) in [6, 6.07) is 6.22. The molecule has 0 atom stereocenters. The summed E-state index contributed by atoms with van der Waals surface area (Å²) in [7, 11) is 0. The highest BCUT2D eigenvalue weighted by molar-refractivity contribution is 8.18. The van der Waals surface area contributed by atoms with E-state index in [-0.39, 0.29) is 23.6 Å². The third kappa shape index (κ3) is 3.81. The van der Waals surface area contributed by atoms with Crippen LogP contribution < -0.4 is 4.90 Å². The minimum absolute atomic E-state index is 0.146. The van der Waals surface area contributed by atoms with E-state index in [1.165, 1.54) is 18.5 Å². The van der Waals surface area contributed by atoms with Crippen LogP contribution in [-0.4, -0.2) is 59.6 Å². The number of amides is 3. The Morgan fingerprint density at radius 2 is 1.75 bits per heavy atom. The molecule has 7 heteroatoms. The minimum Gasteiger partial charge on any atom is -0.372 e. The Kier molecular flexibility index (Phi) is 5.44. The number of carbonyl (C=O) groups is 3. The van der Waals surface area contributed by atoms with Gasteiger partial charge >= 0.3 is 0 Å². The van der Waals surface area contributed by atoms with Crippen LogP contribution in [0.5, 0.6) is 0 Å². The number of carbonyl (C=O) groups excluding carboxylic acids is 3. The molecule has 28 heavy (non-hydrogen) atoms.